The summed E-state index contributed by atoms with van der Waals surface area (Å²) in [6.07, 6.45) is -2.79. The topological polar surface area (TPSA) is 48.1 Å². The van der Waals surface area contributed by atoms with Gasteiger partial charge in [-0.05, 0) is 41.3 Å². The highest BCUT2D eigenvalue weighted by Gasteiger charge is 2.35. The van der Waals surface area contributed by atoms with Gasteiger partial charge < -0.3 is 10.5 Å². The third-order valence-electron chi connectivity index (χ3n) is 2.57. The Balaban J connectivity index is 2.88. The highest BCUT2D eigenvalue weighted by atomic mass is 79.9. The van der Waals surface area contributed by atoms with Crippen molar-refractivity contribution in [3.05, 3.63) is 22.4 Å². The van der Waals surface area contributed by atoms with Gasteiger partial charge in [-0.1, -0.05) is 13.8 Å². The van der Waals surface area contributed by atoms with Crippen molar-refractivity contribution < 1.29 is 17.9 Å². The number of halogens is 4. The Morgan fingerprint density at radius 2 is 2.00 bits per heavy atom. The molecule has 0 fully saturated rings. The van der Waals surface area contributed by atoms with Crippen molar-refractivity contribution >= 4 is 15.9 Å². The van der Waals surface area contributed by atoms with Crippen LogP contribution in [-0.4, -0.2) is 17.1 Å². The van der Waals surface area contributed by atoms with E-state index >= 15 is 0 Å². The van der Waals surface area contributed by atoms with Gasteiger partial charge in [-0.2, -0.15) is 13.2 Å². The van der Waals surface area contributed by atoms with Crippen LogP contribution in [0.3, 0.4) is 0 Å². The minimum Gasteiger partial charge on any atom is -0.489 e. The van der Waals surface area contributed by atoms with Gasteiger partial charge in [0.05, 0.1) is 6.20 Å². The third-order valence-corrected chi connectivity index (χ3v) is 3.01. The van der Waals surface area contributed by atoms with Crippen molar-refractivity contribution in [3.63, 3.8) is 0 Å². The number of aromatic nitrogens is 1. The summed E-state index contributed by atoms with van der Waals surface area (Å²) >= 11 is 2.92. The van der Waals surface area contributed by atoms with E-state index in [0.29, 0.717) is 12.3 Å². The third kappa shape index (κ3) is 5.28. The average Bonchev–Trinajstić information content (AvgIpc) is 2.24. The van der Waals surface area contributed by atoms with Crippen molar-refractivity contribution in [1.29, 1.82) is 0 Å². The fourth-order valence-corrected chi connectivity index (χ4v) is 2.32. The minimum absolute atomic E-state index is 0.00241. The molecule has 0 unspecified atom stereocenters. The first-order chi connectivity index (χ1) is 9.01. The Kier molecular flexibility index (Phi) is 5.43. The summed E-state index contributed by atoms with van der Waals surface area (Å²) in [5.41, 5.74) is 4.47. The molecule has 0 radical (unpaired) electrons. The number of nitrogens with two attached hydrogens (primary N) is 1. The van der Waals surface area contributed by atoms with Gasteiger partial charge in [0.15, 0.2) is 0 Å². The monoisotopic (exact) mass is 354 g/mol. The van der Waals surface area contributed by atoms with E-state index < -0.39 is 17.3 Å². The van der Waals surface area contributed by atoms with Crippen LogP contribution in [0.15, 0.2) is 16.9 Å². The lowest BCUT2D eigenvalue weighted by Crippen LogP contribution is -2.43. The zero-order valence-electron chi connectivity index (χ0n) is 11.6. The summed E-state index contributed by atoms with van der Waals surface area (Å²) in [6.45, 7) is 5.74. The lowest BCUT2D eigenvalue weighted by atomic mass is 9.93. The predicted octanol–water partition coefficient (Wildman–Crippen LogP) is 4.01. The van der Waals surface area contributed by atoms with E-state index in [-0.39, 0.29) is 17.0 Å². The Hall–Kier alpha value is -0.820. The Morgan fingerprint density at radius 1 is 1.40 bits per heavy atom. The Bertz CT molecular complexity index is 461. The Labute approximate surface area is 124 Å². The first-order valence-electron chi connectivity index (χ1n) is 6.16. The molecule has 3 nitrogen and oxygen atoms in total. The van der Waals surface area contributed by atoms with Gasteiger partial charge in [-0.3, -0.25) is 0 Å². The number of hydrogen-bond donors (Lipinski definition) is 1. The molecule has 0 bridgehead atoms. The zero-order valence-corrected chi connectivity index (χ0v) is 13.2. The second-order valence-corrected chi connectivity index (χ2v) is 6.35. The summed E-state index contributed by atoms with van der Waals surface area (Å²) in [7, 11) is 0. The van der Waals surface area contributed by atoms with Crippen molar-refractivity contribution in [1.82, 2.24) is 4.98 Å². The van der Waals surface area contributed by atoms with E-state index in [1.54, 1.807) is 6.92 Å². The summed E-state index contributed by atoms with van der Waals surface area (Å²) in [5.74, 6) is 0.0276. The molecule has 0 aliphatic rings. The second kappa shape index (κ2) is 6.30. The smallest absolute Gasteiger partial charge is 0.420 e. The highest BCUT2D eigenvalue weighted by Crippen LogP contribution is 2.37. The van der Waals surface area contributed by atoms with Gasteiger partial charge in [-0.25, -0.2) is 4.98 Å². The molecule has 0 aromatic carbocycles. The normalized spacial score (nSPS) is 15.2. The molecule has 1 heterocycles. The molecule has 20 heavy (non-hydrogen) atoms. The summed E-state index contributed by atoms with van der Waals surface area (Å²) in [6, 6.07) is 0.894. The molecular weight excluding hydrogens is 337 g/mol. The van der Waals surface area contributed by atoms with Crippen molar-refractivity contribution in [2.24, 2.45) is 11.7 Å². The molecule has 1 atom stereocenters. The van der Waals surface area contributed by atoms with Crippen molar-refractivity contribution in [3.8, 4) is 5.75 Å². The molecule has 7 heteroatoms. The van der Waals surface area contributed by atoms with Gasteiger partial charge in [-0.15, -0.1) is 0 Å². The van der Waals surface area contributed by atoms with E-state index in [1.807, 2.05) is 13.8 Å². The molecule has 0 saturated carbocycles. The molecule has 2 N–H and O–H groups in total. The molecule has 0 saturated heterocycles. The molecule has 114 valence electrons. The maximum atomic E-state index is 12.9. The number of pyridine rings is 1. The van der Waals surface area contributed by atoms with Crippen molar-refractivity contribution in [2.45, 2.75) is 38.9 Å². The molecule has 0 spiro atoms. The minimum atomic E-state index is -4.50. The van der Waals surface area contributed by atoms with E-state index in [4.69, 9.17) is 10.5 Å². The molecule has 1 aromatic heterocycles. The van der Waals surface area contributed by atoms with Gasteiger partial charge >= 0.3 is 6.18 Å². The summed E-state index contributed by atoms with van der Waals surface area (Å²) < 4.78 is 44.1. The number of nitrogens with zero attached hydrogens (tertiary/aromatic N) is 1. The van der Waals surface area contributed by atoms with E-state index in [1.165, 1.54) is 0 Å². The molecule has 0 aliphatic carbocycles. The van der Waals surface area contributed by atoms with Crippen LogP contribution in [0.25, 0.3) is 0 Å². The standard InChI is InChI=1S/C13H18BrF3N2O/c1-8(2)5-12(3,18)7-20-10-6-19-11(14)4-9(10)13(15,16)17/h4,6,8H,5,7,18H2,1-3H3/t12-/m1/s1. The van der Waals surface area contributed by atoms with Crippen LogP contribution < -0.4 is 10.5 Å². The molecule has 1 aromatic rings. The number of alkyl halides is 3. The number of rotatable bonds is 5. The number of ether oxygens (including phenoxy) is 1. The molecule has 1 rings (SSSR count). The van der Waals surface area contributed by atoms with Crippen LogP contribution in [0.5, 0.6) is 5.75 Å². The van der Waals surface area contributed by atoms with Crippen LogP contribution in [0.4, 0.5) is 13.2 Å². The zero-order chi connectivity index (χ0) is 15.6. The van der Waals surface area contributed by atoms with Gasteiger partial charge in [0.25, 0.3) is 0 Å². The lowest BCUT2D eigenvalue weighted by Gasteiger charge is -2.27. The van der Waals surface area contributed by atoms with E-state index in [2.05, 4.69) is 20.9 Å². The first-order valence-corrected chi connectivity index (χ1v) is 6.95. The highest BCUT2D eigenvalue weighted by molar-refractivity contribution is 9.10. The number of hydrogen-bond acceptors (Lipinski definition) is 3. The van der Waals surface area contributed by atoms with Crippen LogP contribution >= 0.6 is 15.9 Å². The maximum Gasteiger partial charge on any atom is 0.420 e. The van der Waals surface area contributed by atoms with E-state index in [0.717, 1.165) is 12.3 Å². The van der Waals surface area contributed by atoms with Gasteiger partial charge in [0.1, 0.15) is 22.5 Å². The first kappa shape index (κ1) is 17.2. The largest absolute Gasteiger partial charge is 0.489 e. The Morgan fingerprint density at radius 3 is 2.50 bits per heavy atom. The van der Waals surface area contributed by atoms with E-state index in [9.17, 15) is 13.2 Å². The lowest BCUT2D eigenvalue weighted by molar-refractivity contribution is -0.139. The fourth-order valence-electron chi connectivity index (χ4n) is 1.99. The molecule has 0 amide bonds. The van der Waals surface area contributed by atoms with Crippen LogP contribution in [-0.2, 0) is 6.18 Å². The quantitative estimate of drug-likeness (QED) is 0.812. The molecule has 0 aliphatic heterocycles. The van der Waals surface area contributed by atoms with Gasteiger partial charge in [0.2, 0.25) is 0 Å². The average molecular weight is 355 g/mol. The SMILES string of the molecule is CC(C)C[C@@](C)(N)COc1cnc(Br)cc1C(F)(F)F. The predicted molar refractivity (Wildman–Crippen MR) is 74.5 cm³/mol. The maximum absolute atomic E-state index is 12.9. The summed E-state index contributed by atoms with van der Waals surface area (Å²) in [4.78, 5) is 3.77. The molecular formula is C13H18BrF3N2O. The fraction of sp³-hybridized carbons (Fsp3) is 0.615. The van der Waals surface area contributed by atoms with Crippen LogP contribution in [0, 0.1) is 5.92 Å². The second-order valence-electron chi connectivity index (χ2n) is 5.54. The van der Waals surface area contributed by atoms with Crippen molar-refractivity contribution in [2.75, 3.05) is 6.61 Å². The summed E-state index contributed by atoms with van der Waals surface area (Å²) in [5, 5.41) is 0. The van der Waals surface area contributed by atoms with Crippen LogP contribution in [0.2, 0.25) is 0 Å². The van der Waals surface area contributed by atoms with Gasteiger partial charge in [0, 0.05) is 5.54 Å². The van der Waals surface area contributed by atoms with Crippen LogP contribution in [0.1, 0.15) is 32.8 Å².